The fourth-order valence-corrected chi connectivity index (χ4v) is 8.58. The fraction of sp³-hybridized carbons (Fsp3) is 0.444. The lowest BCUT2D eigenvalue weighted by molar-refractivity contribution is -0.175. The number of hydrogen-bond donors (Lipinski definition) is 0. The van der Waals surface area contributed by atoms with Gasteiger partial charge in [-0.15, -0.1) is 0 Å². The van der Waals surface area contributed by atoms with Crippen molar-refractivity contribution in [3.63, 3.8) is 0 Å². The van der Waals surface area contributed by atoms with E-state index in [1.165, 1.54) is 38.5 Å². The number of carbonyl (C=O) groups excluding carboxylic acids is 4. The SMILES string of the molecule is COc1cc(/C(F)=C/c2cccc(-c3cccc(/C=C(\F)c4cc(OC)c(CN5CCCC[C@H]5C(=O)OCOC(=O)C(C)C)cn4)c3C)c2C)ncc1CN1CCCC[C@H]1C(=O)OCOC(=O)C(C)C. The summed E-state index contributed by atoms with van der Waals surface area (Å²) in [6.07, 6.45) is 10.5. The monoisotopic (exact) mass is 966 g/mol. The highest BCUT2D eigenvalue weighted by Crippen LogP contribution is 2.35. The maximum atomic E-state index is 16.1. The summed E-state index contributed by atoms with van der Waals surface area (Å²) in [5.41, 5.74) is 6.00. The molecule has 2 fully saturated rings. The number of aromatic nitrogens is 2. The van der Waals surface area contributed by atoms with Crippen LogP contribution in [0.1, 0.15) is 111 Å². The van der Waals surface area contributed by atoms with Gasteiger partial charge in [-0.2, -0.15) is 0 Å². The standard InChI is InChI=1S/C54H64F2N4O10/c1-33(2)51(61)67-31-69-53(63)47-19-9-11-21-59(47)29-39-27-57-45(25-49(39)65-7)43(55)23-37-15-13-17-41(35(37)5)42-18-14-16-38(36(42)6)24-44(56)46-26-50(66-8)40(28-58-46)30-60-22-12-10-20-48(60)54(64)70-32-68-52(62)34(3)4/h13-18,23-28,33-34,47-48H,9-12,19-22,29-32H2,1-8H3/b43-23-,44-24-/t47-,48-/m0/s1. The van der Waals surface area contributed by atoms with Gasteiger partial charge in [0.05, 0.1) is 26.1 Å². The third kappa shape index (κ3) is 13.4. The van der Waals surface area contributed by atoms with E-state index in [9.17, 15) is 19.2 Å². The fourth-order valence-electron chi connectivity index (χ4n) is 8.58. The quantitative estimate of drug-likeness (QED) is 0.0646. The molecule has 0 spiro atoms. The minimum Gasteiger partial charge on any atom is -0.496 e. The molecule has 2 atom stereocenters. The third-order valence-corrected chi connectivity index (χ3v) is 12.7. The first-order chi connectivity index (χ1) is 33.6. The number of ether oxygens (including phenoxy) is 6. The topological polar surface area (TPSA) is 156 Å². The van der Waals surface area contributed by atoms with Crippen molar-refractivity contribution in [3.8, 4) is 22.6 Å². The second-order valence-corrected chi connectivity index (χ2v) is 18.1. The number of hydrogen-bond acceptors (Lipinski definition) is 14. The Hall–Kier alpha value is -6.52. The molecule has 14 nitrogen and oxygen atoms in total. The Balaban J connectivity index is 1.15. The van der Waals surface area contributed by atoms with Crippen LogP contribution in [0.2, 0.25) is 0 Å². The summed E-state index contributed by atoms with van der Waals surface area (Å²) >= 11 is 0. The van der Waals surface area contributed by atoms with Gasteiger partial charge in [-0.1, -0.05) is 76.9 Å². The summed E-state index contributed by atoms with van der Waals surface area (Å²) in [4.78, 5) is 62.6. The number of halogens is 2. The zero-order valence-electron chi connectivity index (χ0n) is 41.4. The second kappa shape index (κ2) is 24.9. The molecule has 2 saturated heterocycles. The van der Waals surface area contributed by atoms with Gasteiger partial charge >= 0.3 is 23.9 Å². The molecule has 16 heteroatoms. The van der Waals surface area contributed by atoms with Crippen LogP contribution in [0.15, 0.2) is 60.9 Å². The van der Waals surface area contributed by atoms with E-state index in [-0.39, 0.29) is 23.2 Å². The van der Waals surface area contributed by atoms with E-state index in [0.717, 1.165) is 47.9 Å². The summed E-state index contributed by atoms with van der Waals surface area (Å²) in [5, 5.41) is 0. The summed E-state index contributed by atoms with van der Waals surface area (Å²) in [7, 11) is 3.00. The molecule has 0 radical (unpaired) electrons. The molecule has 2 aromatic carbocycles. The van der Waals surface area contributed by atoms with Crippen molar-refractivity contribution in [1.29, 1.82) is 0 Å². The lowest BCUT2D eigenvalue weighted by atomic mass is 9.91. The van der Waals surface area contributed by atoms with Gasteiger partial charge in [0.15, 0.2) is 0 Å². The van der Waals surface area contributed by atoms with Crippen molar-refractivity contribution >= 4 is 47.7 Å². The van der Waals surface area contributed by atoms with E-state index < -0.39 is 61.2 Å². The number of rotatable bonds is 19. The zero-order chi connectivity index (χ0) is 50.5. The number of esters is 4. The average Bonchev–Trinajstić information content (AvgIpc) is 3.35. The predicted octanol–water partition coefficient (Wildman–Crippen LogP) is 9.82. The summed E-state index contributed by atoms with van der Waals surface area (Å²) in [5.74, 6) is -2.88. The number of nitrogens with zero attached hydrogens (tertiary/aromatic N) is 4. The Morgan fingerprint density at radius 1 is 0.629 bits per heavy atom. The van der Waals surface area contributed by atoms with Crippen LogP contribution in [0.25, 0.3) is 34.9 Å². The van der Waals surface area contributed by atoms with E-state index >= 15 is 8.78 Å². The predicted molar refractivity (Wildman–Crippen MR) is 261 cm³/mol. The summed E-state index contributed by atoms with van der Waals surface area (Å²) in [6.45, 7) is 11.6. The molecular weight excluding hydrogens is 903 g/mol. The van der Waals surface area contributed by atoms with Crippen molar-refractivity contribution in [2.75, 3.05) is 40.9 Å². The summed E-state index contributed by atoms with van der Waals surface area (Å²) in [6, 6.07) is 13.2. The van der Waals surface area contributed by atoms with Gasteiger partial charge in [0, 0.05) is 48.7 Å². The van der Waals surface area contributed by atoms with Crippen molar-refractivity contribution in [2.45, 2.75) is 105 Å². The van der Waals surface area contributed by atoms with Crippen molar-refractivity contribution in [1.82, 2.24) is 19.8 Å². The van der Waals surface area contributed by atoms with Gasteiger partial charge in [0.2, 0.25) is 13.6 Å². The second-order valence-electron chi connectivity index (χ2n) is 18.1. The third-order valence-electron chi connectivity index (χ3n) is 12.7. The Morgan fingerprint density at radius 2 is 1.03 bits per heavy atom. The Labute approximate surface area is 409 Å². The highest BCUT2D eigenvalue weighted by atomic mass is 19.1. The maximum Gasteiger partial charge on any atom is 0.326 e. The number of carbonyl (C=O) groups is 4. The van der Waals surface area contributed by atoms with Crippen LogP contribution in [0.5, 0.6) is 11.5 Å². The molecule has 4 aromatic rings. The van der Waals surface area contributed by atoms with Crippen LogP contribution in [0, 0.1) is 25.7 Å². The van der Waals surface area contributed by atoms with Gasteiger partial charge in [-0.25, -0.2) is 8.78 Å². The van der Waals surface area contributed by atoms with Crippen LogP contribution in [0.3, 0.4) is 0 Å². The number of piperidine rings is 2. The molecule has 2 aliphatic rings. The van der Waals surface area contributed by atoms with E-state index in [2.05, 4.69) is 9.97 Å². The molecule has 6 rings (SSSR count). The molecule has 2 aromatic heterocycles. The summed E-state index contributed by atoms with van der Waals surface area (Å²) < 4.78 is 64.4. The number of methoxy groups -OCH3 is 2. The Morgan fingerprint density at radius 3 is 1.40 bits per heavy atom. The molecule has 0 aliphatic carbocycles. The number of likely N-dealkylation sites (tertiary alicyclic amines) is 2. The number of pyridine rings is 2. The number of benzene rings is 2. The van der Waals surface area contributed by atoms with Crippen LogP contribution in [0.4, 0.5) is 8.78 Å². The van der Waals surface area contributed by atoms with Crippen molar-refractivity contribution in [2.24, 2.45) is 11.8 Å². The molecule has 0 bridgehead atoms. The molecule has 0 unspecified atom stereocenters. The van der Waals surface area contributed by atoms with E-state index in [1.54, 1.807) is 40.1 Å². The average molecular weight is 967 g/mol. The van der Waals surface area contributed by atoms with E-state index in [1.807, 2.05) is 60.0 Å². The minimum atomic E-state index is -0.579. The molecule has 0 N–H and O–H groups in total. The lowest BCUT2D eigenvalue weighted by Crippen LogP contribution is -2.45. The van der Waals surface area contributed by atoms with Gasteiger partial charge in [0.1, 0.15) is 46.6 Å². The van der Waals surface area contributed by atoms with Crippen LogP contribution >= 0.6 is 0 Å². The molecule has 2 aliphatic heterocycles. The molecular formula is C54H64F2N4O10. The van der Waals surface area contributed by atoms with Crippen LogP contribution in [-0.4, -0.2) is 96.6 Å². The van der Waals surface area contributed by atoms with Crippen LogP contribution in [-0.2, 0) is 51.2 Å². The lowest BCUT2D eigenvalue weighted by Gasteiger charge is -2.34. The molecule has 4 heterocycles. The van der Waals surface area contributed by atoms with E-state index in [4.69, 9.17) is 28.4 Å². The normalized spacial score (nSPS) is 17.0. The van der Waals surface area contributed by atoms with Gasteiger partial charge < -0.3 is 28.4 Å². The van der Waals surface area contributed by atoms with Gasteiger partial charge in [-0.3, -0.25) is 38.9 Å². The molecule has 70 heavy (non-hydrogen) atoms. The first kappa shape index (κ1) is 52.8. The molecule has 374 valence electrons. The first-order valence-electron chi connectivity index (χ1n) is 23.7. The Bertz CT molecular complexity index is 2400. The van der Waals surface area contributed by atoms with Crippen molar-refractivity contribution in [3.05, 3.63) is 106 Å². The zero-order valence-corrected chi connectivity index (χ0v) is 41.4. The molecule has 0 amide bonds. The van der Waals surface area contributed by atoms with E-state index in [0.29, 0.717) is 72.8 Å². The van der Waals surface area contributed by atoms with Crippen molar-refractivity contribution < 1.29 is 56.4 Å². The smallest absolute Gasteiger partial charge is 0.326 e. The largest absolute Gasteiger partial charge is 0.496 e. The highest BCUT2D eigenvalue weighted by Gasteiger charge is 2.33. The van der Waals surface area contributed by atoms with Gasteiger partial charge in [-0.05, 0) is 98.2 Å². The highest BCUT2D eigenvalue weighted by molar-refractivity contribution is 5.85. The molecule has 0 saturated carbocycles. The Kier molecular flexibility index (Phi) is 18.8. The van der Waals surface area contributed by atoms with Crippen LogP contribution < -0.4 is 9.47 Å². The first-order valence-corrected chi connectivity index (χ1v) is 23.7. The maximum absolute atomic E-state index is 16.1. The van der Waals surface area contributed by atoms with Gasteiger partial charge in [0.25, 0.3) is 0 Å². The minimum absolute atomic E-state index is 0.0718.